The molecule has 0 bridgehead atoms. The van der Waals surface area contributed by atoms with Crippen molar-refractivity contribution in [1.29, 1.82) is 0 Å². The molecule has 2 fully saturated rings. The van der Waals surface area contributed by atoms with Gasteiger partial charge in [0.05, 0.1) is 18.8 Å². The maximum atomic E-state index is 13.0. The molecule has 2 saturated heterocycles. The minimum absolute atomic E-state index is 0.0783. The Balaban J connectivity index is 1.64. The van der Waals surface area contributed by atoms with E-state index < -0.39 is 17.7 Å². The summed E-state index contributed by atoms with van der Waals surface area (Å²) in [6.07, 6.45) is 0.716. The van der Waals surface area contributed by atoms with Crippen molar-refractivity contribution in [1.82, 2.24) is 9.80 Å². The average Bonchev–Trinajstić information content (AvgIpc) is 3.30. The number of hydrogen-bond acceptors (Lipinski definition) is 6. The number of aliphatic hydroxyl groups excluding tert-OH is 1. The smallest absolute Gasteiger partial charge is 0.295 e. The first kappa shape index (κ1) is 21.3. The Labute approximate surface area is 181 Å². The van der Waals surface area contributed by atoms with E-state index in [1.54, 1.807) is 24.3 Å². The van der Waals surface area contributed by atoms with Crippen LogP contribution in [0.3, 0.4) is 0 Å². The molecule has 7 heteroatoms. The fraction of sp³-hybridized carbons (Fsp3) is 0.417. The SMILES string of the molecule is Cc1ccc(/C(O)=C2\C(=O)C(=O)N(CCCN3CCOCC3)[C@H]2c2ccc(C)o2)cc1. The number of aryl methyl sites for hydroxylation is 2. The summed E-state index contributed by atoms with van der Waals surface area (Å²) in [4.78, 5) is 29.7. The summed E-state index contributed by atoms with van der Waals surface area (Å²) in [6.45, 7) is 8.14. The van der Waals surface area contributed by atoms with E-state index in [0.717, 1.165) is 25.2 Å². The number of hydrogen-bond donors (Lipinski definition) is 1. The van der Waals surface area contributed by atoms with Gasteiger partial charge < -0.3 is 19.2 Å². The van der Waals surface area contributed by atoms with Gasteiger partial charge in [-0.05, 0) is 32.4 Å². The molecule has 2 aliphatic rings. The topological polar surface area (TPSA) is 83.2 Å². The highest BCUT2D eigenvalue weighted by molar-refractivity contribution is 6.46. The quantitative estimate of drug-likeness (QED) is 0.436. The molecule has 7 nitrogen and oxygen atoms in total. The fourth-order valence-corrected chi connectivity index (χ4v) is 4.16. The summed E-state index contributed by atoms with van der Waals surface area (Å²) in [5.41, 5.74) is 1.62. The molecule has 0 radical (unpaired) electrons. The van der Waals surface area contributed by atoms with Gasteiger partial charge in [0, 0.05) is 31.7 Å². The third kappa shape index (κ3) is 4.43. The number of amides is 1. The Kier molecular flexibility index (Phi) is 6.25. The Bertz CT molecular complexity index is 986. The second-order valence-electron chi connectivity index (χ2n) is 8.11. The van der Waals surface area contributed by atoms with Gasteiger partial charge in [-0.3, -0.25) is 14.5 Å². The molecule has 3 heterocycles. The summed E-state index contributed by atoms with van der Waals surface area (Å²) in [5, 5.41) is 11.0. The van der Waals surface area contributed by atoms with Gasteiger partial charge in [0.15, 0.2) is 0 Å². The molecule has 0 saturated carbocycles. The highest BCUT2D eigenvalue weighted by Gasteiger charge is 2.47. The number of likely N-dealkylation sites (tertiary alicyclic amines) is 1. The van der Waals surface area contributed by atoms with Crippen molar-refractivity contribution in [2.24, 2.45) is 0 Å². The highest BCUT2D eigenvalue weighted by Crippen LogP contribution is 2.40. The zero-order chi connectivity index (χ0) is 22.0. The van der Waals surface area contributed by atoms with Crippen LogP contribution in [-0.2, 0) is 14.3 Å². The van der Waals surface area contributed by atoms with Crippen LogP contribution in [-0.4, -0.2) is 66.0 Å². The van der Waals surface area contributed by atoms with E-state index >= 15 is 0 Å². The zero-order valence-electron chi connectivity index (χ0n) is 18.0. The molecule has 0 aliphatic carbocycles. The molecule has 2 aliphatic heterocycles. The molecule has 164 valence electrons. The number of nitrogens with zero attached hydrogens (tertiary/aromatic N) is 2. The Morgan fingerprint density at radius 1 is 1.03 bits per heavy atom. The summed E-state index contributed by atoms with van der Waals surface area (Å²) in [6, 6.07) is 10.1. The summed E-state index contributed by atoms with van der Waals surface area (Å²) in [5.74, 6) is -0.285. The van der Waals surface area contributed by atoms with E-state index in [0.29, 0.717) is 43.3 Å². The standard InChI is InChI=1S/C24H28N2O5/c1-16-4-7-18(8-5-16)22(27)20-21(19-9-6-17(2)31-19)26(24(29)23(20)28)11-3-10-25-12-14-30-15-13-25/h4-9,21,27H,3,10-15H2,1-2H3/b22-20+/t21-/m0/s1. The number of Topliss-reactive ketones (excluding diaryl/α,β-unsaturated/α-hetero) is 1. The number of aliphatic hydroxyl groups is 1. The van der Waals surface area contributed by atoms with Gasteiger partial charge in [-0.25, -0.2) is 0 Å². The number of ether oxygens (including phenoxy) is 1. The number of furan rings is 1. The molecule has 1 N–H and O–H groups in total. The van der Waals surface area contributed by atoms with Crippen molar-refractivity contribution in [3.05, 3.63) is 64.6 Å². The number of ketones is 1. The molecular weight excluding hydrogens is 396 g/mol. The van der Waals surface area contributed by atoms with Crippen molar-refractivity contribution in [2.75, 3.05) is 39.4 Å². The Hall–Kier alpha value is -2.90. The largest absolute Gasteiger partial charge is 0.507 e. The average molecular weight is 424 g/mol. The lowest BCUT2D eigenvalue weighted by molar-refractivity contribution is -0.140. The zero-order valence-corrected chi connectivity index (χ0v) is 18.0. The minimum atomic E-state index is -0.736. The molecule has 1 atom stereocenters. The first-order valence-corrected chi connectivity index (χ1v) is 10.7. The van der Waals surface area contributed by atoms with Gasteiger partial charge >= 0.3 is 0 Å². The fourth-order valence-electron chi connectivity index (χ4n) is 4.16. The van der Waals surface area contributed by atoms with E-state index in [1.807, 2.05) is 26.0 Å². The lowest BCUT2D eigenvalue weighted by atomic mass is 9.99. The van der Waals surface area contributed by atoms with Crippen LogP contribution < -0.4 is 0 Å². The monoisotopic (exact) mass is 424 g/mol. The Morgan fingerprint density at radius 3 is 2.39 bits per heavy atom. The van der Waals surface area contributed by atoms with Gasteiger partial charge in [0.1, 0.15) is 23.3 Å². The van der Waals surface area contributed by atoms with Gasteiger partial charge in [-0.2, -0.15) is 0 Å². The van der Waals surface area contributed by atoms with E-state index in [9.17, 15) is 14.7 Å². The first-order chi connectivity index (χ1) is 15.0. The van der Waals surface area contributed by atoms with Gasteiger partial charge in [0.2, 0.25) is 0 Å². The van der Waals surface area contributed by atoms with Crippen LogP contribution in [0, 0.1) is 13.8 Å². The van der Waals surface area contributed by atoms with E-state index in [2.05, 4.69) is 4.90 Å². The maximum Gasteiger partial charge on any atom is 0.295 e. The van der Waals surface area contributed by atoms with Crippen LogP contribution in [0.2, 0.25) is 0 Å². The van der Waals surface area contributed by atoms with Crippen LogP contribution in [0.25, 0.3) is 5.76 Å². The second-order valence-corrected chi connectivity index (χ2v) is 8.11. The van der Waals surface area contributed by atoms with Crippen molar-refractivity contribution in [2.45, 2.75) is 26.3 Å². The van der Waals surface area contributed by atoms with Crippen LogP contribution in [0.4, 0.5) is 0 Å². The molecular formula is C24H28N2O5. The van der Waals surface area contributed by atoms with Crippen LogP contribution >= 0.6 is 0 Å². The number of carbonyl (C=O) groups is 2. The van der Waals surface area contributed by atoms with E-state index in [-0.39, 0.29) is 11.3 Å². The summed E-state index contributed by atoms with van der Waals surface area (Å²) < 4.78 is 11.2. The second kappa shape index (κ2) is 9.08. The Morgan fingerprint density at radius 2 is 1.74 bits per heavy atom. The van der Waals surface area contributed by atoms with Crippen molar-refractivity contribution in [3.63, 3.8) is 0 Å². The lowest BCUT2D eigenvalue weighted by Gasteiger charge is -2.28. The predicted octanol–water partition coefficient (Wildman–Crippen LogP) is 3.04. The van der Waals surface area contributed by atoms with Crippen LogP contribution in [0.15, 0.2) is 46.4 Å². The molecule has 31 heavy (non-hydrogen) atoms. The molecule has 4 rings (SSSR count). The van der Waals surface area contributed by atoms with Gasteiger partial charge in [0.25, 0.3) is 11.7 Å². The predicted molar refractivity (Wildman–Crippen MR) is 116 cm³/mol. The highest BCUT2D eigenvalue weighted by atomic mass is 16.5. The van der Waals surface area contributed by atoms with E-state index in [4.69, 9.17) is 9.15 Å². The van der Waals surface area contributed by atoms with Gasteiger partial charge in [-0.1, -0.05) is 29.8 Å². The number of carbonyl (C=O) groups excluding carboxylic acids is 2. The van der Waals surface area contributed by atoms with Crippen LogP contribution in [0.1, 0.15) is 35.1 Å². The van der Waals surface area contributed by atoms with E-state index in [1.165, 1.54) is 4.90 Å². The molecule has 2 aromatic rings. The normalized spacial score (nSPS) is 21.7. The third-order valence-electron chi connectivity index (χ3n) is 5.87. The maximum absolute atomic E-state index is 13.0. The lowest BCUT2D eigenvalue weighted by Crippen LogP contribution is -2.38. The molecule has 1 amide bonds. The molecule has 1 aromatic carbocycles. The molecule has 0 spiro atoms. The number of rotatable bonds is 6. The molecule has 0 unspecified atom stereocenters. The van der Waals surface area contributed by atoms with Crippen molar-refractivity contribution >= 4 is 17.4 Å². The molecule has 1 aromatic heterocycles. The summed E-state index contributed by atoms with van der Waals surface area (Å²) >= 11 is 0. The van der Waals surface area contributed by atoms with Crippen molar-refractivity contribution < 1.29 is 23.8 Å². The first-order valence-electron chi connectivity index (χ1n) is 10.7. The number of benzene rings is 1. The van der Waals surface area contributed by atoms with Gasteiger partial charge in [-0.15, -0.1) is 0 Å². The van der Waals surface area contributed by atoms with Crippen LogP contribution in [0.5, 0.6) is 0 Å². The number of morpholine rings is 1. The minimum Gasteiger partial charge on any atom is -0.507 e. The third-order valence-corrected chi connectivity index (χ3v) is 5.87. The summed E-state index contributed by atoms with van der Waals surface area (Å²) in [7, 11) is 0. The van der Waals surface area contributed by atoms with Crippen molar-refractivity contribution in [3.8, 4) is 0 Å².